The molecule has 1 amide bonds. The summed E-state index contributed by atoms with van der Waals surface area (Å²) in [6.45, 7) is 7.16. The van der Waals surface area contributed by atoms with E-state index in [1.54, 1.807) is 6.20 Å². The first-order valence-electron chi connectivity index (χ1n) is 6.88. The molecule has 7 nitrogen and oxygen atoms in total. The van der Waals surface area contributed by atoms with Gasteiger partial charge in [-0.3, -0.25) is 5.10 Å². The number of rotatable bonds is 2. The zero-order chi connectivity index (χ0) is 14.8. The quantitative estimate of drug-likeness (QED) is 0.763. The Morgan fingerprint density at radius 2 is 2.35 bits per heavy atom. The van der Waals surface area contributed by atoms with Crippen LogP contribution in [-0.4, -0.2) is 41.0 Å². The highest BCUT2D eigenvalue weighted by Gasteiger charge is 2.25. The lowest BCUT2D eigenvalue weighted by atomic mass is 10.1. The molecule has 2 heterocycles. The lowest BCUT2D eigenvalue weighted by Crippen LogP contribution is -2.49. The van der Waals surface area contributed by atoms with Gasteiger partial charge in [0.25, 0.3) is 0 Å². The van der Waals surface area contributed by atoms with Crippen molar-refractivity contribution in [2.75, 3.05) is 23.7 Å². The minimum atomic E-state index is -0.480. The van der Waals surface area contributed by atoms with Crippen LogP contribution in [-0.2, 0) is 4.74 Å². The predicted octanol–water partition coefficient (Wildman–Crippen LogP) is 1.49. The first-order valence-corrected chi connectivity index (χ1v) is 6.88. The molecule has 1 unspecified atom stereocenters. The number of nitrogens with zero attached hydrogens (tertiary/aromatic N) is 2. The lowest BCUT2D eigenvalue weighted by Gasteiger charge is -2.34. The molecule has 112 valence electrons. The second-order valence-electron chi connectivity index (χ2n) is 6.11. The lowest BCUT2D eigenvalue weighted by molar-refractivity contribution is 0.0500. The molecule has 0 spiro atoms. The number of carbonyl (C=O) groups excluding carboxylic acids is 1. The van der Waals surface area contributed by atoms with Crippen LogP contribution in [0.15, 0.2) is 6.20 Å². The zero-order valence-electron chi connectivity index (χ0n) is 12.3. The van der Waals surface area contributed by atoms with Gasteiger partial charge in [0.2, 0.25) is 0 Å². The Morgan fingerprint density at radius 3 is 2.95 bits per heavy atom. The number of ether oxygens (including phenoxy) is 1. The zero-order valence-corrected chi connectivity index (χ0v) is 12.3. The van der Waals surface area contributed by atoms with E-state index >= 15 is 0 Å². The van der Waals surface area contributed by atoms with Crippen LogP contribution >= 0.6 is 0 Å². The normalized spacial score (nSPS) is 19.8. The maximum atomic E-state index is 11.8. The average molecular weight is 281 g/mol. The van der Waals surface area contributed by atoms with E-state index in [1.807, 2.05) is 20.8 Å². The Bertz CT molecular complexity index is 466. The maximum absolute atomic E-state index is 11.8. The summed E-state index contributed by atoms with van der Waals surface area (Å²) in [4.78, 5) is 13.9. The minimum Gasteiger partial charge on any atom is -0.444 e. The van der Waals surface area contributed by atoms with E-state index in [0.717, 1.165) is 25.2 Å². The molecule has 1 aliphatic heterocycles. The Hall–Kier alpha value is -1.92. The Morgan fingerprint density at radius 1 is 1.60 bits per heavy atom. The van der Waals surface area contributed by atoms with Gasteiger partial charge in [-0.15, -0.1) is 0 Å². The summed E-state index contributed by atoms with van der Waals surface area (Å²) in [5.74, 6) is 0.820. The Kier molecular flexibility index (Phi) is 4.06. The number of nitrogens with one attached hydrogen (secondary N) is 2. The summed E-state index contributed by atoms with van der Waals surface area (Å²) in [5, 5.41) is 9.73. The number of piperidine rings is 1. The summed E-state index contributed by atoms with van der Waals surface area (Å²) in [7, 11) is 0. The van der Waals surface area contributed by atoms with E-state index in [1.165, 1.54) is 0 Å². The number of carbonyl (C=O) groups is 1. The van der Waals surface area contributed by atoms with Gasteiger partial charge in [-0.1, -0.05) is 0 Å². The van der Waals surface area contributed by atoms with Gasteiger partial charge in [-0.2, -0.15) is 5.10 Å². The first kappa shape index (κ1) is 14.5. The van der Waals surface area contributed by atoms with Crippen LogP contribution in [0.2, 0.25) is 0 Å². The fraction of sp³-hybridized carbons (Fsp3) is 0.692. The molecule has 1 fully saturated rings. The number of H-pyrrole nitrogens is 1. The third-order valence-corrected chi connectivity index (χ3v) is 3.11. The molecule has 4 N–H and O–H groups in total. The third-order valence-electron chi connectivity index (χ3n) is 3.11. The molecule has 1 aliphatic rings. The number of aromatic nitrogens is 2. The van der Waals surface area contributed by atoms with Crippen LogP contribution in [0.1, 0.15) is 33.6 Å². The van der Waals surface area contributed by atoms with Gasteiger partial charge in [-0.05, 0) is 33.6 Å². The summed E-state index contributed by atoms with van der Waals surface area (Å²) in [6, 6.07) is 0.0568. The fourth-order valence-electron chi connectivity index (χ4n) is 2.31. The molecule has 0 aromatic carbocycles. The first-order chi connectivity index (χ1) is 9.35. The molecule has 1 atom stereocenters. The van der Waals surface area contributed by atoms with Gasteiger partial charge in [0.1, 0.15) is 11.4 Å². The smallest absolute Gasteiger partial charge is 0.407 e. The Balaban J connectivity index is 1.91. The van der Waals surface area contributed by atoms with Crippen LogP contribution in [0.3, 0.4) is 0 Å². The van der Waals surface area contributed by atoms with E-state index in [9.17, 15) is 4.79 Å². The molecule has 0 bridgehead atoms. The van der Waals surface area contributed by atoms with Crippen molar-refractivity contribution in [2.45, 2.75) is 45.3 Å². The number of nitrogens with two attached hydrogens (primary N) is 1. The molecular formula is C13H23N5O2. The standard InChI is InChI=1S/C13H23N5O2/c1-13(2,3)20-12(19)16-9-5-4-6-18(8-9)11-10(14)7-15-17-11/h7,9H,4-6,8,14H2,1-3H3,(H,15,17)(H,16,19). The van der Waals surface area contributed by atoms with Gasteiger partial charge in [-0.25, -0.2) is 4.79 Å². The van der Waals surface area contributed by atoms with Gasteiger partial charge < -0.3 is 20.7 Å². The number of nitrogen functional groups attached to an aromatic ring is 1. The molecule has 7 heteroatoms. The molecular weight excluding hydrogens is 258 g/mol. The van der Waals surface area contributed by atoms with Crippen molar-refractivity contribution < 1.29 is 9.53 Å². The van der Waals surface area contributed by atoms with E-state index in [2.05, 4.69) is 20.4 Å². The highest BCUT2D eigenvalue weighted by Crippen LogP contribution is 2.23. The van der Waals surface area contributed by atoms with Crippen LogP contribution in [0.25, 0.3) is 0 Å². The summed E-state index contributed by atoms with van der Waals surface area (Å²) in [6.07, 6.45) is 3.14. The number of aromatic amines is 1. The van der Waals surface area contributed by atoms with E-state index in [0.29, 0.717) is 12.2 Å². The second kappa shape index (κ2) is 5.60. The maximum Gasteiger partial charge on any atom is 0.407 e. The molecule has 1 saturated heterocycles. The molecule has 0 aliphatic carbocycles. The third kappa shape index (κ3) is 3.79. The van der Waals surface area contributed by atoms with Crippen LogP contribution in [0, 0.1) is 0 Å². The highest BCUT2D eigenvalue weighted by atomic mass is 16.6. The van der Waals surface area contributed by atoms with Crippen LogP contribution in [0.4, 0.5) is 16.3 Å². The van der Waals surface area contributed by atoms with Gasteiger partial charge >= 0.3 is 6.09 Å². The van der Waals surface area contributed by atoms with Crippen molar-refractivity contribution in [3.05, 3.63) is 6.20 Å². The van der Waals surface area contributed by atoms with Crippen molar-refractivity contribution in [1.82, 2.24) is 15.5 Å². The summed E-state index contributed by atoms with van der Waals surface area (Å²) < 4.78 is 5.28. The van der Waals surface area contributed by atoms with Crippen molar-refractivity contribution in [2.24, 2.45) is 0 Å². The van der Waals surface area contributed by atoms with Crippen molar-refractivity contribution in [1.29, 1.82) is 0 Å². The molecule has 20 heavy (non-hydrogen) atoms. The summed E-state index contributed by atoms with van der Waals surface area (Å²) in [5.41, 5.74) is 6.00. The SMILES string of the molecule is CC(C)(C)OC(=O)NC1CCCN(c2[nH]ncc2N)C1. The second-order valence-corrected chi connectivity index (χ2v) is 6.11. The molecule has 0 saturated carbocycles. The predicted molar refractivity (Wildman–Crippen MR) is 77.6 cm³/mol. The molecule has 2 rings (SSSR count). The average Bonchev–Trinajstić information content (AvgIpc) is 2.73. The largest absolute Gasteiger partial charge is 0.444 e. The van der Waals surface area contributed by atoms with E-state index in [4.69, 9.17) is 10.5 Å². The minimum absolute atomic E-state index is 0.0568. The van der Waals surface area contributed by atoms with Crippen LogP contribution < -0.4 is 16.0 Å². The molecule has 1 aromatic rings. The molecule has 1 aromatic heterocycles. The molecule has 0 radical (unpaired) electrons. The fourth-order valence-corrected chi connectivity index (χ4v) is 2.31. The van der Waals surface area contributed by atoms with Gasteiger partial charge in [0, 0.05) is 19.1 Å². The van der Waals surface area contributed by atoms with Crippen molar-refractivity contribution in [3.63, 3.8) is 0 Å². The Labute approximate surface area is 118 Å². The number of alkyl carbamates (subject to hydrolysis) is 1. The van der Waals surface area contributed by atoms with Crippen LogP contribution in [0.5, 0.6) is 0 Å². The number of amides is 1. The topological polar surface area (TPSA) is 96.3 Å². The van der Waals surface area contributed by atoms with E-state index in [-0.39, 0.29) is 12.1 Å². The number of anilines is 2. The highest BCUT2D eigenvalue weighted by molar-refractivity contribution is 5.68. The van der Waals surface area contributed by atoms with E-state index < -0.39 is 5.60 Å². The van der Waals surface area contributed by atoms with Crippen molar-refractivity contribution in [3.8, 4) is 0 Å². The van der Waals surface area contributed by atoms with Gasteiger partial charge in [0.05, 0.1) is 11.9 Å². The van der Waals surface area contributed by atoms with Crippen molar-refractivity contribution >= 4 is 17.6 Å². The number of hydrogen-bond donors (Lipinski definition) is 3. The monoisotopic (exact) mass is 281 g/mol. The summed E-state index contributed by atoms with van der Waals surface area (Å²) >= 11 is 0. The number of hydrogen-bond acceptors (Lipinski definition) is 5. The van der Waals surface area contributed by atoms with Gasteiger partial charge in [0.15, 0.2) is 0 Å².